The van der Waals surface area contributed by atoms with E-state index in [9.17, 15) is 13.6 Å². The van der Waals surface area contributed by atoms with E-state index >= 15 is 0 Å². The van der Waals surface area contributed by atoms with Crippen LogP contribution in [0.5, 0.6) is 0 Å². The van der Waals surface area contributed by atoms with E-state index < -0.39 is 23.2 Å². The second kappa shape index (κ2) is 4.69. The number of hydrogen-bond donors (Lipinski definition) is 2. The van der Waals surface area contributed by atoms with E-state index in [-0.39, 0.29) is 11.0 Å². The van der Waals surface area contributed by atoms with E-state index in [0.29, 0.717) is 6.54 Å². The van der Waals surface area contributed by atoms with Crippen molar-refractivity contribution in [1.29, 1.82) is 0 Å². The Bertz CT molecular complexity index is 416. The fourth-order valence-corrected chi connectivity index (χ4v) is 1.16. The molecule has 0 aliphatic rings. The summed E-state index contributed by atoms with van der Waals surface area (Å²) in [5, 5.41) is 2.60. The lowest BCUT2D eigenvalue weighted by Crippen LogP contribution is -2.32. The van der Waals surface area contributed by atoms with E-state index in [1.165, 1.54) is 0 Å². The topological polar surface area (TPSA) is 55.1 Å². The van der Waals surface area contributed by atoms with Gasteiger partial charge in [0, 0.05) is 12.1 Å². The molecule has 3 nitrogen and oxygen atoms in total. The molecule has 0 unspecified atom stereocenters. The van der Waals surface area contributed by atoms with Crippen molar-refractivity contribution >= 4 is 11.6 Å². The van der Waals surface area contributed by atoms with Gasteiger partial charge in [-0.25, -0.2) is 8.78 Å². The van der Waals surface area contributed by atoms with E-state index in [0.717, 1.165) is 12.1 Å². The summed E-state index contributed by atoms with van der Waals surface area (Å²) in [5.74, 6) is -2.37. The van der Waals surface area contributed by atoms with Gasteiger partial charge in [0.05, 0.1) is 0 Å². The molecular weight excluding hydrogens is 226 g/mol. The Balaban J connectivity index is 2.84. The van der Waals surface area contributed by atoms with Gasteiger partial charge in [0.2, 0.25) is 0 Å². The molecule has 0 aromatic heterocycles. The number of benzene rings is 1. The van der Waals surface area contributed by atoms with Gasteiger partial charge in [0.25, 0.3) is 5.91 Å². The monoisotopic (exact) mass is 242 g/mol. The zero-order valence-electron chi connectivity index (χ0n) is 10.1. The van der Waals surface area contributed by atoms with Gasteiger partial charge in [-0.2, -0.15) is 0 Å². The van der Waals surface area contributed by atoms with Crippen molar-refractivity contribution in [2.24, 2.45) is 5.41 Å². The second-order valence-electron chi connectivity index (χ2n) is 5.10. The highest BCUT2D eigenvalue weighted by Gasteiger charge is 2.16. The third kappa shape index (κ3) is 3.69. The zero-order chi connectivity index (χ0) is 13.2. The molecule has 0 atom stereocenters. The number of amides is 1. The first kappa shape index (κ1) is 13.4. The summed E-state index contributed by atoms with van der Waals surface area (Å²) >= 11 is 0. The Morgan fingerprint density at radius 1 is 1.29 bits per heavy atom. The smallest absolute Gasteiger partial charge is 0.251 e. The van der Waals surface area contributed by atoms with Gasteiger partial charge >= 0.3 is 0 Å². The van der Waals surface area contributed by atoms with Gasteiger partial charge in [0.1, 0.15) is 17.3 Å². The van der Waals surface area contributed by atoms with Crippen LogP contribution in [0.25, 0.3) is 0 Å². The van der Waals surface area contributed by atoms with Crippen LogP contribution < -0.4 is 11.1 Å². The molecule has 1 aromatic carbocycles. The summed E-state index contributed by atoms with van der Waals surface area (Å²) in [5.41, 5.74) is 4.37. The summed E-state index contributed by atoms with van der Waals surface area (Å²) in [7, 11) is 0. The fraction of sp³-hybridized carbons (Fsp3) is 0.417. The highest BCUT2D eigenvalue weighted by atomic mass is 19.1. The lowest BCUT2D eigenvalue weighted by atomic mass is 9.97. The van der Waals surface area contributed by atoms with Gasteiger partial charge < -0.3 is 11.1 Å². The van der Waals surface area contributed by atoms with E-state index in [1.54, 1.807) is 0 Å². The SMILES string of the molecule is CC(C)(C)CNC(=O)c1cc(F)c(N)c(F)c1. The summed E-state index contributed by atoms with van der Waals surface area (Å²) < 4.78 is 26.3. The number of nitrogens with two attached hydrogens (primary N) is 1. The van der Waals surface area contributed by atoms with Gasteiger partial charge in [0.15, 0.2) is 0 Å². The summed E-state index contributed by atoms with van der Waals surface area (Å²) in [4.78, 5) is 11.6. The predicted octanol–water partition coefficient (Wildman–Crippen LogP) is 2.32. The molecule has 1 amide bonds. The van der Waals surface area contributed by atoms with Crippen molar-refractivity contribution in [3.05, 3.63) is 29.3 Å². The van der Waals surface area contributed by atoms with Crippen LogP contribution in [0, 0.1) is 17.0 Å². The van der Waals surface area contributed by atoms with E-state index in [2.05, 4.69) is 5.32 Å². The van der Waals surface area contributed by atoms with E-state index in [4.69, 9.17) is 5.73 Å². The van der Waals surface area contributed by atoms with Crippen molar-refractivity contribution in [2.45, 2.75) is 20.8 Å². The number of halogens is 2. The average Bonchev–Trinajstić information content (AvgIpc) is 2.20. The molecule has 0 heterocycles. The predicted molar refractivity (Wildman–Crippen MR) is 62.6 cm³/mol. The first-order chi connectivity index (χ1) is 7.70. The highest BCUT2D eigenvalue weighted by molar-refractivity contribution is 5.94. The van der Waals surface area contributed by atoms with Gasteiger partial charge in [-0.3, -0.25) is 4.79 Å². The van der Waals surface area contributed by atoms with Crippen LogP contribution in [-0.4, -0.2) is 12.5 Å². The van der Waals surface area contributed by atoms with Crippen LogP contribution in [0.4, 0.5) is 14.5 Å². The van der Waals surface area contributed by atoms with Gasteiger partial charge in [-0.05, 0) is 17.5 Å². The number of nitrogen functional groups attached to an aromatic ring is 1. The molecule has 1 aromatic rings. The molecule has 0 aliphatic carbocycles. The van der Waals surface area contributed by atoms with Crippen LogP contribution in [0.1, 0.15) is 31.1 Å². The molecule has 94 valence electrons. The number of nitrogens with one attached hydrogen (secondary N) is 1. The Kier molecular flexibility index (Phi) is 3.70. The largest absolute Gasteiger partial charge is 0.394 e. The van der Waals surface area contributed by atoms with Gasteiger partial charge in [-0.15, -0.1) is 0 Å². The van der Waals surface area contributed by atoms with Crippen molar-refractivity contribution in [1.82, 2.24) is 5.32 Å². The standard InChI is InChI=1S/C12H16F2N2O/c1-12(2,3)6-16-11(17)7-4-8(13)10(15)9(14)5-7/h4-5H,6,15H2,1-3H3,(H,16,17). The highest BCUT2D eigenvalue weighted by Crippen LogP contribution is 2.17. The maximum absolute atomic E-state index is 13.1. The molecule has 17 heavy (non-hydrogen) atoms. The summed E-state index contributed by atoms with van der Waals surface area (Å²) in [6, 6.07) is 1.85. The van der Waals surface area contributed by atoms with Crippen molar-refractivity contribution in [2.75, 3.05) is 12.3 Å². The van der Waals surface area contributed by atoms with Crippen LogP contribution in [0.3, 0.4) is 0 Å². The quantitative estimate of drug-likeness (QED) is 0.782. The molecule has 1 rings (SSSR count). The molecule has 0 aliphatic heterocycles. The molecule has 5 heteroatoms. The molecule has 0 saturated heterocycles. The van der Waals surface area contributed by atoms with Crippen LogP contribution in [0.2, 0.25) is 0 Å². The minimum Gasteiger partial charge on any atom is -0.394 e. The minimum atomic E-state index is -0.925. The molecule has 0 fully saturated rings. The summed E-state index contributed by atoms with van der Waals surface area (Å²) in [6.07, 6.45) is 0. The van der Waals surface area contributed by atoms with Crippen LogP contribution in [0.15, 0.2) is 12.1 Å². The molecular formula is C12H16F2N2O. The number of anilines is 1. The molecule has 0 saturated carbocycles. The van der Waals surface area contributed by atoms with Gasteiger partial charge in [-0.1, -0.05) is 20.8 Å². The lowest BCUT2D eigenvalue weighted by Gasteiger charge is -2.18. The lowest BCUT2D eigenvalue weighted by molar-refractivity contribution is 0.0938. The number of carbonyl (C=O) groups excluding carboxylic acids is 1. The third-order valence-corrected chi connectivity index (χ3v) is 2.12. The number of carbonyl (C=O) groups is 1. The Labute approximate surface area is 99.0 Å². The number of rotatable bonds is 2. The Hall–Kier alpha value is -1.65. The van der Waals surface area contributed by atoms with E-state index in [1.807, 2.05) is 20.8 Å². The van der Waals surface area contributed by atoms with Crippen LogP contribution >= 0.6 is 0 Å². The van der Waals surface area contributed by atoms with Crippen molar-refractivity contribution < 1.29 is 13.6 Å². The zero-order valence-corrected chi connectivity index (χ0v) is 10.1. The average molecular weight is 242 g/mol. The Morgan fingerprint density at radius 2 is 1.76 bits per heavy atom. The first-order valence-electron chi connectivity index (χ1n) is 5.23. The van der Waals surface area contributed by atoms with Crippen molar-refractivity contribution in [3.8, 4) is 0 Å². The maximum Gasteiger partial charge on any atom is 0.251 e. The normalized spacial score (nSPS) is 11.4. The first-order valence-corrected chi connectivity index (χ1v) is 5.23. The second-order valence-corrected chi connectivity index (χ2v) is 5.10. The van der Waals surface area contributed by atoms with Crippen LogP contribution in [-0.2, 0) is 0 Å². The van der Waals surface area contributed by atoms with Crippen molar-refractivity contribution in [3.63, 3.8) is 0 Å². The fourth-order valence-electron chi connectivity index (χ4n) is 1.16. The maximum atomic E-state index is 13.1. The molecule has 3 N–H and O–H groups in total. The number of hydrogen-bond acceptors (Lipinski definition) is 2. The summed E-state index contributed by atoms with van der Waals surface area (Å²) in [6.45, 7) is 6.24. The Morgan fingerprint density at radius 3 is 2.18 bits per heavy atom. The molecule has 0 radical (unpaired) electrons. The minimum absolute atomic E-state index is 0.0709. The third-order valence-electron chi connectivity index (χ3n) is 2.12. The molecule has 0 bridgehead atoms. The molecule has 0 spiro atoms.